The smallest absolute Gasteiger partial charge is 0.408 e. The second-order valence-electron chi connectivity index (χ2n) is 7.93. The van der Waals surface area contributed by atoms with Crippen LogP contribution in [0.25, 0.3) is 0 Å². The highest BCUT2D eigenvalue weighted by atomic mass is 35.5. The number of rotatable bonds is 8. The summed E-state index contributed by atoms with van der Waals surface area (Å²) in [7, 11) is 0. The average molecular weight is 446 g/mol. The minimum absolute atomic E-state index is 0.148. The van der Waals surface area contributed by atoms with Gasteiger partial charge in [0.25, 0.3) is 0 Å². The van der Waals surface area contributed by atoms with Gasteiger partial charge in [-0.3, -0.25) is 9.59 Å². The Labute approximate surface area is 187 Å². The van der Waals surface area contributed by atoms with Crippen molar-refractivity contribution in [1.29, 1.82) is 0 Å². The summed E-state index contributed by atoms with van der Waals surface area (Å²) < 4.78 is 5.09. The first kappa shape index (κ1) is 24.2. The number of hydrogen-bond donors (Lipinski definition) is 3. The molecule has 3 N–H and O–H groups in total. The Morgan fingerprint density at radius 1 is 0.903 bits per heavy atom. The van der Waals surface area contributed by atoms with Crippen LogP contribution in [-0.2, 0) is 27.3 Å². The number of carbonyl (C=O) groups is 3. The van der Waals surface area contributed by atoms with Crippen LogP contribution in [0.15, 0.2) is 48.5 Å². The average Bonchev–Trinajstić information content (AvgIpc) is 2.70. The molecule has 0 aromatic heterocycles. The van der Waals surface area contributed by atoms with Crippen LogP contribution < -0.4 is 16.0 Å². The molecule has 166 valence electrons. The SMILES string of the molecule is CC(C)(C)OC(=O)NCC(=O)NCc1ccccc1NC(=O)CCc1ccccc1Cl. The van der Waals surface area contributed by atoms with Crippen molar-refractivity contribution in [2.45, 2.75) is 45.8 Å². The fourth-order valence-electron chi connectivity index (χ4n) is 2.68. The van der Waals surface area contributed by atoms with E-state index in [1.807, 2.05) is 30.3 Å². The Morgan fingerprint density at radius 2 is 1.55 bits per heavy atom. The number of anilines is 1. The van der Waals surface area contributed by atoms with Gasteiger partial charge in [0.05, 0.1) is 0 Å². The molecule has 0 saturated heterocycles. The number of para-hydroxylation sites is 1. The molecule has 0 aliphatic rings. The van der Waals surface area contributed by atoms with Gasteiger partial charge in [-0.05, 0) is 50.5 Å². The number of alkyl carbamates (subject to hydrolysis) is 1. The number of halogens is 1. The number of amides is 3. The summed E-state index contributed by atoms with van der Waals surface area (Å²) in [6, 6.07) is 14.6. The van der Waals surface area contributed by atoms with Crippen molar-refractivity contribution < 1.29 is 19.1 Å². The molecule has 0 bridgehead atoms. The van der Waals surface area contributed by atoms with Crippen molar-refractivity contribution >= 4 is 35.2 Å². The lowest BCUT2D eigenvalue weighted by Crippen LogP contribution is -2.39. The number of benzene rings is 2. The fraction of sp³-hybridized carbons (Fsp3) is 0.348. The van der Waals surface area contributed by atoms with Gasteiger partial charge in [0.1, 0.15) is 12.1 Å². The highest BCUT2D eigenvalue weighted by molar-refractivity contribution is 6.31. The van der Waals surface area contributed by atoms with E-state index in [2.05, 4.69) is 16.0 Å². The Bertz CT molecular complexity index is 925. The largest absolute Gasteiger partial charge is 0.444 e. The predicted molar refractivity (Wildman–Crippen MR) is 121 cm³/mol. The van der Waals surface area contributed by atoms with Crippen molar-refractivity contribution in [3.63, 3.8) is 0 Å². The lowest BCUT2D eigenvalue weighted by molar-refractivity contribution is -0.120. The molecule has 0 radical (unpaired) electrons. The van der Waals surface area contributed by atoms with Crippen molar-refractivity contribution in [3.8, 4) is 0 Å². The van der Waals surface area contributed by atoms with E-state index < -0.39 is 11.7 Å². The van der Waals surface area contributed by atoms with Gasteiger partial charge in [-0.15, -0.1) is 0 Å². The maximum Gasteiger partial charge on any atom is 0.408 e. The number of hydrogen-bond acceptors (Lipinski definition) is 4. The summed E-state index contributed by atoms with van der Waals surface area (Å²) in [5.74, 6) is -0.518. The van der Waals surface area contributed by atoms with Gasteiger partial charge in [0.2, 0.25) is 11.8 Å². The Balaban J connectivity index is 1.83. The molecule has 2 rings (SSSR count). The Hall–Kier alpha value is -3.06. The van der Waals surface area contributed by atoms with E-state index in [9.17, 15) is 14.4 Å². The van der Waals surface area contributed by atoms with E-state index in [1.165, 1.54) is 0 Å². The first-order chi connectivity index (χ1) is 14.6. The van der Waals surface area contributed by atoms with Crippen molar-refractivity contribution in [2.75, 3.05) is 11.9 Å². The summed E-state index contributed by atoms with van der Waals surface area (Å²) in [5, 5.41) is 8.64. The molecule has 0 aliphatic heterocycles. The molecule has 0 spiro atoms. The van der Waals surface area contributed by atoms with Gasteiger partial charge in [-0.25, -0.2) is 4.79 Å². The molecule has 3 amide bonds. The third-order valence-corrected chi connectivity index (χ3v) is 4.51. The number of ether oxygens (including phenoxy) is 1. The molecule has 0 aliphatic carbocycles. The predicted octanol–water partition coefficient (Wildman–Crippen LogP) is 4.05. The topological polar surface area (TPSA) is 96.5 Å². The van der Waals surface area contributed by atoms with E-state index in [-0.39, 0.29) is 31.3 Å². The van der Waals surface area contributed by atoms with E-state index in [0.29, 0.717) is 17.1 Å². The molecule has 7 nitrogen and oxygen atoms in total. The van der Waals surface area contributed by atoms with Crippen molar-refractivity contribution in [2.24, 2.45) is 0 Å². The molecule has 0 atom stereocenters. The minimum Gasteiger partial charge on any atom is -0.444 e. The molecule has 0 saturated carbocycles. The monoisotopic (exact) mass is 445 g/mol. The van der Waals surface area contributed by atoms with E-state index in [0.717, 1.165) is 11.1 Å². The molecule has 0 heterocycles. The van der Waals surface area contributed by atoms with Crippen LogP contribution >= 0.6 is 11.6 Å². The van der Waals surface area contributed by atoms with Gasteiger partial charge < -0.3 is 20.7 Å². The molecule has 2 aromatic rings. The van der Waals surface area contributed by atoms with E-state index in [4.69, 9.17) is 16.3 Å². The zero-order chi connectivity index (χ0) is 22.9. The van der Waals surface area contributed by atoms with Crippen LogP contribution in [0.4, 0.5) is 10.5 Å². The van der Waals surface area contributed by atoms with Gasteiger partial charge in [0, 0.05) is 23.7 Å². The van der Waals surface area contributed by atoms with Gasteiger partial charge in [0.15, 0.2) is 0 Å². The fourth-order valence-corrected chi connectivity index (χ4v) is 2.91. The zero-order valence-electron chi connectivity index (χ0n) is 18.0. The zero-order valence-corrected chi connectivity index (χ0v) is 18.7. The minimum atomic E-state index is -0.658. The highest BCUT2D eigenvalue weighted by Gasteiger charge is 2.16. The number of aryl methyl sites for hydroxylation is 1. The first-order valence-electron chi connectivity index (χ1n) is 9.99. The standard InChI is InChI=1S/C23H28ClN3O4/c1-23(2,3)31-22(30)26-15-21(29)25-14-17-9-5-7-11-19(17)27-20(28)13-12-16-8-4-6-10-18(16)24/h4-11H,12-15H2,1-3H3,(H,25,29)(H,26,30)(H,27,28). The molecule has 31 heavy (non-hydrogen) atoms. The lowest BCUT2D eigenvalue weighted by Gasteiger charge is -2.19. The van der Waals surface area contributed by atoms with E-state index >= 15 is 0 Å². The van der Waals surface area contributed by atoms with Crippen LogP contribution in [0.2, 0.25) is 5.02 Å². The molecular formula is C23H28ClN3O4. The summed E-state index contributed by atoms with van der Waals surface area (Å²) in [5.41, 5.74) is 1.65. The molecule has 0 fully saturated rings. The second-order valence-corrected chi connectivity index (χ2v) is 8.34. The van der Waals surface area contributed by atoms with Gasteiger partial charge in [-0.1, -0.05) is 48.0 Å². The van der Waals surface area contributed by atoms with Crippen LogP contribution in [0.1, 0.15) is 38.3 Å². The van der Waals surface area contributed by atoms with Crippen LogP contribution in [-0.4, -0.2) is 30.1 Å². The molecule has 2 aromatic carbocycles. The number of carbonyl (C=O) groups excluding carboxylic acids is 3. The lowest BCUT2D eigenvalue weighted by atomic mass is 10.1. The van der Waals surface area contributed by atoms with Crippen molar-refractivity contribution in [3.05, 3.63) is 64.7 Å². The van der Waals surface area contributed by atoms with Crippen LogP contribution in [0, 0.1) is 0 Å². The first-order valence-corrected chi connectivity index (χ1v) is 10.4. The van der Waals surface area contributed by atoms with E-state index in [1.54, 1.807) is 39.0 Å². The van der Waals surface area contributed by atoms with Gasteiger partial charge >= 0.3 is 6.09 Å². The molecular weight excluding hydrogens is 418 g/mol. The summed E-state index contributed by atoms with van der Waals surface area (Å²) in [4.78, 5) is 36.0. The summed E-state index contributed by atoms with van der Waals surface area (Å²) in [6.45, 7) is 5.22. The Kier molecular flexibility index (Phi) is 8.88. The highest BCUT2D eigenvalue weighted by Crippen LogP contribution is 2.18. The van der Waals surface area contributed by atoms with Crippen molar-refractivity contribution in [1.82, 2.24) is 10.6 Å². The molecule has 8 heteroatoms. The third kappa shape index (κ3) is 9.09. The van der Waals surface area contributed by atoms with Crippen LogP contribution in [0.5, 0.6) is 0 Å². The summed E-state index contributed by atoms with van der Waals surface area (Å²) >= 11 is 6.13. The Morgan fingerprint density at radius 3 is 2.23 bits per heavy atom. The maximum absolute atomic E-state index is 12.4. The van der Waals surface area contributed by atoms with Gasteiger partial charge in [-0.2, -0.15) is 0 Å². The normalized spacial score (nSPS) is 10.8. The van der Waals surface area contributed by atoms with Crippen LogP contribution in [0.3, 0.4) is 0 Å². The summed E-state index contributed by atoms with van der Waals surface area (Å²) in [6.07, 6.45) is 0.152. The maximum atomic E-state index is 12.4. The number of nitrogens with one attached hydrogen (secondary N) is 3. The molecule has 0 unspecified atom stereocenters. The quantitative estimate of drug-likeness (QED) is 0.571. The third-order valence-electron chi connectivity index (χ3n) is 4.14. The second kappa shape index (κ2) is 11.4.